The molecule has 3 rings (SSSR count). The molecule has 0 bridgehead atoms. The Bertz CT molecular complexity index is 728. The molecule has 1 saturated heterocycles. The first-order valence-electron chi connectivity index (χ1n) is 8.37. The van der Waals surface area contributed by atoms with Crippen LogP contribution in [0.1, 0.15) is 6.92 Å². The molecule has 132 valence electrons. The van der Waals surface area contributed by atoms with Crippen LogP contribution in [0.4, 0.5) is 11.4 Å². The van der Waals surface area contributed by atoms with Gasteiger partial charge in [0, 0.05) is 42.0 Å². The Kier molecular flexibility index (Phi) is 5.60. The highest BCUT2D eigenvalue weighted by Gasteiger charge is 2.25. The van der Waals surface area contributed by atoms with Gasteiger partial charge in [0.05, 0.1) is 6.04 Å². The van der Waals surface area contributed by atoms with Crippen molar-refractivity contribution in [3.05, 3.63) is 53.0 Å². The van der Waals surface area contributed by atoms with Gasteiger partial charge >= 0.3 is 0 Å². The average molecular weight is 404 g/mol. The monoisotopic (exact) mass is 403 g/mol. The lowest BCUT2D eigenvalue weighted by atomic mass is 10.2. The second-order valence-electron chi connectivity index (χ2n) is 6.21. The largest absolute Gasteiger partial charge is 0.508 e. The summed E-state index contributed by atoms with van der Waals surface area (Å²) in [6.07, 6.45) is 0. The Labute approximate surface area is 156 Å². The summed E-state index contributed by atoms with van der Waals surface area (Å²) in [4.78, 5) is 17.0. The van der Waals surface area contributed by atoms with Gasteiger partial charge < -0.3 is 15.3 Å². The minimum atomic E-state index is -0.180. The van der Waals surface area contributed by atoms with Crippen molar-refractivity contribution in [2.24, 2.45) is 0 Å². The summed E-state index contributed by atoms with van der Waals surface area (Å²) in [6, 6.07) is 14.7. The quantitative estimate of drug-likeness (QED) is 0.821. The molecule has 1 aliphatic rings. The minimum Gasteiger partial charge on any atom is -0.508 e. The molecule has 1 heterocycles. The van der Waals surface area contributed by atoms with Crippen molar-refractivity contribution >= 4 is 33.2 Å². The molecule has 0 aliphatic carbocycles. The third-order valence-electron chi connectivity index (χ3n) is 4.55. The molecule has 2 aromatic rings. The number of piperazine rings is 1. The highest BCUT2D eigenvalue weighted by atomic mass is 79.9. The van der Waals surface area contributed by atoms with Crippen molar-refractivity contribution in [3.8, 4) is 5.75 Å². The fourth-order valence-electron chi connectivity index (χ4n) is 3.01. The van der Waals surface area contributed by atoms with E-state index in [4.69, 9.17) is 0 Å². The molecule has 2 aromatic carbocycles. The maximum atomic E-state index is 12.5. The van der Waals surface area contributed by atoms with E-state index in [2.05, 4.69) is 31.0 Å². The number of carbonyl (C=O) groups excluding carboxylic acids is 1. The van der Waals surface area contributed by atoms with Crippen LogP contribution >= 0.6 is 15.9 Å². The molecule has 6 heteroatoms. The van der Waals surface area contributed by atoms with Crippen LogP contribution in [-0.2, 0) is 4.79 Å². The van der Waals surface area contributed by atoms with Gasteiger partial charge in [0.25, 0.3) is 0 Å². The summed E-state index contributed by atoms with van der Waals surface area (Å²) in [5.41, 5.74) is 1.90. The number of anilines is 2. The Morgan fingerprint density at radius 1 is 1.12 bits per heavy atom. The SMILES string of the molecule is C[C@@H](C(=O)Nc1cccc(Br)c1)N1CCN(c2ccc(O)cc2)CC1. The number of benzene rings is 2. The second kappa shape index (κ2) is 7.89. The Morgan fingerprint density at radius 3 is 2.44 bits per heavy atom. The van der Waals surface area contributed by atoms with E-state index in [0.29, 0.717) is 0 Å². The van der Waals surface area contributed by atoms with Gasteiger partial charge in [-0.2, -0.15) is 0 Å². The molecule has 1 aliphatic heterocycles. The van der Waals surface area contributed by atoms with Crippen LogP contribution in [0.3, 0.4) is 0 Å². The number of phenolic OH excluding ortho intramolecular Hbond substituents is 1. The normalized spacial score (nSPS) is 16.5. The number of hydrogen-bond acceptors (Lipinski definition) is 4. The topological polar surface area (TPSA) is 55.8 Å². The van der Waals surface area contributed by atoms with E-state index >= 15 is 0 Å². The zero-order valence-electron chi connectivity index (χ0n) is 14.2. The van der Waals surface area contributed by atoms with Crippen LogP contribution in [-0.4, -0.2) is 48.1 Å². The molecular formula is C19H22BrN3O2. The molecule has 0 radical (unpaired) electrons. The van der Waals surface area contributed by atoms with Crippen molar-refractivity contribution < 1.29 is 9.90 Å². The molecule has 0 spiro atoms. The predicted octanol–water partition coefficient (Wildman–Crippen LogP) is 3.30. The Balaban J connectivity index is 1.54. The lowest BCUT2D eigenvalue weighted by Crippen LogP contribution is -2.52. The zero-order chi connectivity index (χ0) is 17.8. The summed E-state index contributed by atoms with van der Waals surface area (Å²) in [5, 5.41) is 12.4. The Hall–Kier alpha value is -2.05. The summed E-state index contributed by atoms with van der Waals surface area (Å²) < 4.78 is 0.945. The molecule has 1 amide bonds. The van der Waals surface area contributed by atoms with Crippen molar-refractivity contribution in [3.63, 3.8) is 0 Å². The number of carbonyl (C=O) groups is 1. The van der Waals surface area contributed by atoms with Crippen LogP contribution in [0.5, 0.6) is 5.75 Å². The van der Waals surface area contributed by atoms with Gasteiger partial charge in [-0.25, -0.2) is 0 Å². The number of nitrogens with zero attached hydrogens (tertiary/aromatic N) is 2. The molecule has 0 unspecified atom stereocenters. The van der Waals surface area contributed by atoms with Crippen molar-refractivity contribution in [2.75, 3.05) is 36.4 Å². The predicted molar refractivity (Wildman–Crippen MR) is 104 cm³/mol. The average Bonchev–Trinajstić information content (AvgIpc) is 2.62. The highest BCUT2D eigenvalue weighted by molar-refractivity contribution is 9.10. The molecule has 0 saturated carbocycles. The molecule has 25 heavy (non-hydrogen) atoms. The summed E-state index contributed by atoms with van der Waals surface area (Å²) in [7, 11) is 0. The van der Waals surface area contributed by atoms with Crippen LogP contribution in [0.15, 0.2) is 53.0 Å². The van der Waals surface area contributed by atoms with E-state index in [1.54, 1.807) is 12.1 Å². The lowest BCUT2D eigenvalue weighted by molar-refractivity contribution is -0.120. The number of nitrogens with one attached hydrogen (secondary N) is 1. The van der Waals surface area contributed by atoms with Gasteiger partial charge in [-0.3, -0.25) is 9.69 Å². The van der Waals surface area contributed by atoms with E-state index in [0.717, 1.165) is 42.0 Å². The summed E-state index contributed by atoms with van der Waals surface area (Å²) in [6.45, 7) is 5.32. The van der Waals surface area contributed by atoms with Crippen molar-refractivity contribution in [1.82, 2.24) is 4.90 Å². The Morgan fingerprint density at radius 2 is 1.80 bits per heavy atom. The molecule has 1 atom stereocenters. The molecule has 1 fully saturated rings. The van der Waals surface area contributed by atoms with Gasteiger partial charge in [-0.15, -0.1) is 0 Å². The van der Waals surface area contributed by atoms with Gasteiger partial charge in [-0.1, -0.05) is 22.0 Å². The van der Waals surface area contributed by atoms with Gasteiger partial charge in [-0.05, 0) is 49.4 Å². The van der Waals surface area contributed by atoms with Gasteiger partial charge in [0.2, 0.25) is 5.91 Å². The first kappa shape index (κ1) is 17.8. The third kappa shape index (κ3) is 4.52. The van der Waals surface area contributed by atoms with E-state index in [1.807, 2.05) is 43.3 Å². The molecule has 2 N–H and O–H groups in total. The number of phenols is 1. The minimum absolute atomic E-state index is 0.0104. The van der Waals surface area contributed by atoms with Crippen LogP contribution < -0.4 is 10.2 Å². The number of rotatable bonds is 4. The van der Waals surface area contributed by atoms with E-state index in [9.17, 15) is 9.90 Å². The van der Waals surface area contributed by atoms with Crippen LogP contribution in [0, 0.1) is 0 Å². The zero-order valence-corrected chi connectivity index (χ0v) is 15.7. The standard InChI is InChI=1S/C19H22BrN3O2/c1-14(19(25)21-16-4-2-3-15(20)13-16)22-9-11-23(12-10-22)17-5-7-18(24)8-6-17/h2-8,13-14,24H,9-12H2,1H3,(H,21,25)/t14-/m0/s1. The summed E-state index contributed by atoms with van der Waals surface area (Å²) in [5.74, 6) is 0.288. The fraction of sp³-hybridized carbons (Fsp3) is 0.316. The maximum Gasteiger partial charge on any atom is 0.241 e. The number of amides is 1. The summed E-state index contributed by atoms with van der Waals surface area (Å²) >= 11 is 3.42. The van der Waals surface area contributed by atoms with E-state index in [1.165, 1.54) is 0 Å². The van der Waals surface area contributed by atoms with Gasteiger partial charge in [0.1, 0.15) is 5.75 Å². The fourth-order valence-corrected chi connectivity index (χ4v) is 3.41. The lowest BCUT2D eigenvalue weighted by Gasteiger charge is -2.38. The first-order valence-corrected chi connectivity index (χ1v) is 9.17. The maximum absolute atomic E-state index is 12.5. The third-order valence-corrected chi connectivity index (χ3v) is 5.04. The van der Waals surface area contributed by atoms with Crippen LogP contribution in [0.2, 0.25) is 0 Å². The highest BCUT2D eigenvalue weighted by Crippen LogP contribution is 2.21. The molecule has 5 nitrogen and oxygen atoms in total. The number of aromatic hydroxyl groups is 1. The smallest absolute Gasteiger partial charge is 0.241 e. The second-order valence-corrected chi connectivity index (χ2v) is 7.13. The van der Waals surface area contributed by atoms with Crippen molar-refractivity contribution in [2.45, 2.75) is 13.0 Å². The first-order chi connectivity index (χ1) is 12.0. The van der Waals surface area contributed by atoms with E-state index < -0.39 is 0 Å². The number of hydrogen-bond donors (Lipinski definition) is 2. The molecule has 0 aromatic heterocycles. The number of halogens is 1. The van der Waals surface area contributed by atoms with Gasteiger partial charge in [0.15, 0.2) is 0 Å². The van der Waals surface area contributed by atoms with Crippen molar-refractivity contribution in [1.29, 1.82) is 0 Å². The molecular weight excluding hydrogens is 382 g/mol. The van der Waals surface area contributed by atoms with E-state index in [-0.39, 0.29) is 17.7 Å². The van der Waals surface area contributed by atoms with Crippen LogP contribution in [0.25, 0.3) is 0 Å².